The number of carbonyl (C=O) groups is 1. The molecule has 3 rings (SSSR count). The van der Waals surface area contributed by atoms with Crippen LogP contribution in [0.15, 0.2) is 48.5 Å². The molecule has 0 unspecified atom stereocenters. The molecule has 0 spiro atoms. The van der Waals surface area contributed by atoms with E-state index in [1.807, 2.05) is 36.4 Å². The largest absolute Gasteiger partial charge is 0.489 e. The van der Waals surface area contributed by atoms with Gasteiger partial charge in [-0.3, -0.25) is 4.79 Å². The van der Waals surface area contributed by atoms with Gasteiger partial charge in [0.1, 0.15) is 12.4 Å². The first kappa shape index (κ1) is 15.9. The van der Waals surface area contributed by atoms with Crippen LogP contribution < -0.4 is 10.1 Å². The van der Waals surface area contributed by atoms with Crippen molar-refractivity contribution in [1.29, 1.82) is 0 Å². The molecule has 1 fully saturated rings. The maximum absolute atomic E-state index is 12.2. The number of nitrogens with one attached hydrogen (secondary N) is 1. The Bertz CT molecular complexity index is 646. The van der Waals surface area contributed by atoms with E-state index in [0.29, 0.717) is 23.2 Å². The molecule has 1 aliphatic rings. The summed E-state index contributed by atoms with van der Waals surface area (Å²) in [7, 11) is 0. The number of hydrogen-bond acceptors (Lipinski definition) is 2. The Hall–Kier alpha value is -2.00. The van der Waals surface area contributed by atoms with Crippen LogP contribution in [0, 0.1) is 0 Å². The number of hydrogen-bond donors (Lipinski definition) is 1. The van der Waals surface area contributed by atoms with E-state index in [1.54, 1.807) is 12.1 Å². The Kier molecular flexibility index (Phi) is 5.19. The number of ether oxygens (including phenoxy) is 1. The molecule has 0 aliphatic heterocycles. The van der Waals surface area contributed by atoms with E-state index in [9.17, 15) is 4.79 Å². The monoisotopic (exact) mass is 329 g/mol. The van der Waals surface area contributed by atoms with Crippen molar-refractivity contribution in [3.8, 4) is 5.75 Å². The third-order valence-corrected chi connectivity index (χ3v) is 4.38. The Morgan fingerprint density at radius 1 is 1.04 bits per heavy atom. The normalized spacial score (nSPS) is 14.7. The molecule has 2 aromatic rings. The summed E-state index contributed by atoms with van der Waals surface area (Å²) in [6, 6.07) is 15.2. The van der Waals surface area contributed by atoms with Gasteiger partial charge in [0.15, 0.2) is 0 Å². The van der Waals surface area contributed by atoms with Gasteiger partial charge in [-0.15, -0.1) is 0 Å². The Balaban J connectivity index is 1.53. The van der Waals surface area contributed by atoms with Crippen molar-refractivity contribution >= 4 is 17.5 Å². The van der Waals surface area contributed by atoms with Crippen molar-refractivity contribution in [2.75, 3.05) is 0 Å². The van der Waals surface area contributed by atoms with Gasteiger partial charge >= 0.3 is 0 Å². The highest BCUT2D eigenvalue weighted by atomic mass is 35.5. The zero-order valence-electron chi connectivity index (χ0n) is 12.9. The smallest absolute Gasteiger partial charge is 0.251 e. The minimum absolute atomic E-state index is 0.0158. The van der Waals surface area contributed by atoms with Crippen LogP contribution in [0.25, 0.3) is 0 Å². The molecule has 23 heavy (non-hydrogen) atoms. The topological polar surface area (TPSA) is 38.3 Å². The van der Waals surface area contributed by atoms with Gasteiger partial charge in [0.05, 0.1) is 0 Å². The first-order valence-corrected chi connectivity index (χ1v) is 8.37. The summed E-state index contributed by atoms with van der Waals surface area (Å²) >= 11 is 5.84. The fourth-order valence-corrected chi connectivity index (χ4v) is 2.91. The molecule has 0 saturated heterocycles. The zero-order valence-corrected chi connectivity index (χ0v) is 13.7. The predicted molar refractivity (Wildman–Crippen MR) is 91.9 cm³/mol. The van der Waals surface area contributed by atoms with Crippen LogP contribution in [0.5, 0.6) is 5.75 Å². The number of rotatable bonds is 5. The molecule has 2 aromatic carbocycles. The van der Waals surface area contributed by atoms with E-state index in [2.05, 4.69) is 5.32 Å². The van der Waals surface area contributed by atoms with Gasteiger partial charge in [0.2, 0.25) is 0 Å². The van der Waals surface area contributed by atoms with Crippen molar-refractivity contribution in [3.63, 3.8) is 0 Å². The molecule has 120 valence electrons. The fraction of sp³-hybridized carbons (Fsp3) is 0.316. The number of benzene rings is 2. The average molecular weight is 330 g/mol. The summed E-state index contributed by atoms with van der Waals surface area (Å²) in [6.45, 7) is 0.464. The van der Waals surface area contributed by atoms with Gasteiger partial charge in [0.25, 0.3) is 5.91 Å². The average Bonchev–Trinajstić information content (AvgIpc) is 3.08. The Labute approximate surface area is 141 Å². The molecule has 0 atom stereocenters. The number of amides is 1. The second-order valence-electron chi connectivity index (χ2n) is 5.89. The molecule has 1 amide bonds. The first-order chi connectivity index (χ1) is 11.2. The van der Waals surface area contributed by atoms with Gasteiger partial charge in [-0.05, 0) is 54.8 Å². The van der Waals surface area contributed by atoms with E-state index in [0.717, 1.165) is 24.2 Å². The Morgan fingerprint density at radius 3 is 2.35 bits per heavy atom. The third-order valence-electron chi connectivity index (χ3n) is 4.13. The molecule has 0 heterocycles. The molecular weight excluding hydrogens is 310 g/mol. The Morgan fingerprint density at radius 2 is 1.70 bits per heavy atom. The van der Waals surface area contributed by atoms with Crippen molar-refractivity contribution in [2.24, 2.45) is 0 Å². The van der Waals surface area contributed by atoms with Crippen LogP contribution in [0.2, 0.25) is 5.02 Å². The number of carbonyl (C=O) groups excluding carboxylic acids is 1. The molecule has 1 N–H and O–H groups in total. The molecule has 0 aromatic heterocycles. The molecular formula is C19H20ClNO2. The van der Waals surface area contributed by atoms with Gasteiger partial charge < -0.3 is 10.1 Å². The molecule has 1 saturated carbocycles. The van der Waals surface area contributed by atoms with Gasteiger partial charge in [-0.1, -0.05) is 36.6 Å². The van der Waals surface area contributed by atoms with Crippen molar-refractivity contribution < 1.29 is 9.53 Å². The van der Waals surface area contributed by atoms with E-state index in [-0.39, 0.29) is 5.91 Å². The molecule has 4 heteroatoms. The lowest BCUT2D eigenvalue weighted by Gasteiger charge is -2.12. The second kappa shape index (κ2) is 7.51. The third kappa shape index (κ3) is 4.49. The minimum atomic E-state index is 0.0158. The molecule has 0 bridgehead atoms. The van der Waals surface area contributed by atoms with Crippen molar-refractivity contribution in [2.45, 2.75) is 38.3 Å². The van der Waals surface area contributed by atoms with Crippen LogP contribution in [0.4, 0.5) is 0 Å². The van der Waals surface area contributed by atoms with Crippen LogP contribution in [0.1, 0.15) is 41.6 Å². The zero-order chi connectivity index (χ0) is 16.1. The SMILES string of the molecule is O=C(NC1CCCC1)c1ccc(COc2ccc(Cl)cc2)cc1. The second-order valence-corrected chi connectivity index (χ2v) is 6.33. The van der Waals surface area contributed by atoms with Crippen molar-refractivity contribution in [3.05, 3.63) is 64.7 Å². The molecule has 0 radical (unpaired) electrons. The quantitative estimate of drug-likeness (QED) is 0.871. The number of halogens is 1. The van der Waals surface area contributed by atoms with Crippen LogP contribution in [-0.4, -0.2) is 11.9 Å². The summed E-state index contributed by atoms with van der Waals surface area (Å²) in [5.41, 5.74) is 1.73. The summed E-state index contributed by atoms with van der Waals surface area (Å²) in [6.07, 6.45) is 4.62. The minimum Gasteiger partial charge on any atom is -0.489 e. The van der Waals surface area contributed by atoms with Crippen LogP contribution in [0.3, 0.4) is 0 Å². The van der Waals surface area contributed by atoms with Gasteiger partial charge in [-0.2, -0.15) is 0 Å². The van der Waals surface area contributed by atoms with Gasteiger partial charge in [-0.25, -0.2) is 0 Å². The summed E-state index contributed by atoms with van der Waals surface area (Å²) in [5, 5.41) is 3.78. The summed E-state index contributed by atoms with van der Waals surface area (Å²) < 4.78 is 5.70. The predicted octanol–water partition coefficient (Wildman–Crippen LogP) is 4.59. The summed E-state index contributed by atoms with van der Waals surface area (Å²) in [5.74, 6) is 0.791. The van der Waals surface area contributed by atoms with E-state index >= 15 is 0 Å². The molecule has 3 nitrogen and oxygen atoms in total. The van der Waals surface area contributed by atoms with E-state index < -0.39 is 0 Å². The van der Waals surface area contributed by atoms with E-state index in [1.165, 1.54) is 12.8 Å². The highest BCUT2D eigenvalue weighted by Crippen LogP contribution is 2.19. The first-order valence-electron chi connectivity index (χ1n) is 7.99. The highest BCUT2D eigenvalue weighted by molar-refractivity contribution is 6.30. The standard InChI is InChI=1S/C19H20ClNO2/c20-16-9-11-18(12-10-16)23-13-14-5-7-15(8-6-14)19(22)21-17-3-1-2-4-17/h5-12,17H,1-4,13H2,(H,21,22). The maximum Gasteiger partial charge on any atom is 0.251 e. The van der Waals surface area contributed by atoms with E-state index in [4.69, 9.17) is 16.3 Å². The van der Waals surface area contributed by atoms with Crippen LogP contribution >= 0.6 is 11.6 Å². The van der Waals surface area contributed by atoms with Crippen LogP contribution in [-0.2, 0) is 6.61 Å². The lowest BCUT2D eigenvalue weighted by Crippen LogP contribution is -2.32. The van der Waals surface area contributed by atoms with Crippen molar-refractivity contribution in [1.82, 2.24) is 5.32 Å². The lowest BCUT2D eigenvalue weighted by atomic mass is 10.1. The highest BCUT2D eigenvalue weighted by Gasteiger charge is 2.17. The molecule has 1 aliphatic carbocycles. The van der Waals surface area contributed by atoms with Gasteiger partial charge in [0, 0.05) is 16.6 Å². The lowest BCUT2D eigenvalue weighted by molar-refractivity contribution is 0.0938. The summed E-state index contributed by atoms with van der Waals surface area (Å²) in [4.78, 5) is 12.2. The fourth-order valence-electron chi connectivity index (χ4n) is 2.79. The maximum atomic E-state index is 12.2.